The van der Waals surface area contributed by atoms with E-state index in [2.05, 4.69) is 28.7 Å². The molecule has 2 heterocycles. The fourth-order valence-electron chi connectivity index (χ4n) is 2.49. The van der Waals surface area contributed by atoms with Crippen LogP contribution in [0.2, 0.25) is 0 Å². The average molecular weight is 268 g/mol. The second-order valence-electron chi connectivity index (χ2n) is 4.91. The van der Waals surface area contributed by atoms with Crippen LogP contribution < -0.4 is 0 Å². The lowest BCUT2D eigenvalue weighted by Crippen LogP contribution is -2.22. The van der Waals surface area contributed by atoms with E-state index in [0.717, 1.165) is 23.5 Å². The van der Waals surface area contributed by atoms with Crippen LogP contribution in [0.5, 0.6) is 0 Å². The number of carbonyl (C=O) groups is 1. The van der Waals surface area contributed by atoms with E-state index in [0.29, 0.717) is 11.6 Å². The van der Waals surface area contributed by atoms with Gasteiger partial charge in [0.05, 0.1) is 36.7 Å². The Morgan fingerprint density at radius 1 is 1.30 bits per heavy atom. The average Bonchev–Trinajstić information content (AvgIpc) is 2.97. The first-order valence-corrected chi connectivity index (χ1v) is 6.61. The maximum atomic E-state index is 11.4. The van der Waals surface area contributed by atoms with Gasteiger partial charge in [-0.2, -0.15) is 0 Å². The van der Waals surface area contributed by atoms with Crippen molar-refractivity contribution in [2.45, 2.75) is 13.0 Å². The maximum absolute atomic E-state index is 11.4. The Balaban J connectivity index is 1.97. The summed E-state index contributed by atoms with van der Waals surface area (Å²) in [6.45, 7) is 2.93. The molecule has 0 spiro atoms. The minimum absolute atomic E-state index is 0.320. The van der Waals surface area contributed by atoms with Crippen molar-refractivity contribution in [3.8, 4) is 0 Å². The Kier molecular flexibility index (Phi) is 3.14. The molecule has 20 heavy (non-hydrogen) atoms. The first kappa shape index (κ1) is 12.7. The highest BCUT2D eigenvalue weighted by Gasteiger charge is 2.19. The number of methoxy groups -OCH3 is 1. The Morgan fingerprint density at radius 2 is 2.05 bits per heavy atom. The molecule has 0 saturated heterocycles. The topological polar surface area (TPSA) is 43.6 Å². The van der Waals surface area contributed by atoms with Crippen molar-refractivity contribution < 1.29 is 9.53 Å². The molecule has 1 aromatic carbocycles. The zero-order valence-electron chi connectivity index (χ0n) is 11.5. The van der Waals surface area contributed by atoms with Crippen LogP contribution in [0.25, 0.3) is 0 Å². The van der Waals surface area contributed by atoms with Crippen LogP contribution in [0.15, 0.2) is 47.6 Å². The van der Waals surface area contributed by atoms with Gasteiger partial charge in [0.2, 0.25) is 0 Å². The Morgan fingerprint density at radius 3 is 2.75 bits per heavy atom. The van der Waals surface area contributed by atoms with Crippen molar-refractivity contribution in [1.82, 2.24) is 4.57 Å². The largest absolute Gasteiger partial charge is 0.465 e. The number of benzene rings is 1. The van der Waals surface area contributed by atoms with Crippen molar-refractivity contribution in [2.75, 3.05) is 13.7 Å². The van der Waals surface area contributed by atoms with Crippen LogP contribution in [0.4, 0.5) is 0 Å². The second-order valence-corrected chi connectivity index (χ2v) is 4.91. The maximum Gasteiger partial charge on any atom is 0.337 e. The molecule has 1 aliphatic rings. The summed E-state index contributed by atoms with van der Waals surface area (Å²) in [4.78, 5) is 16.1. The van der Waals surface area contributed by atoms with Gasteiger partial charge >= 0.3 is 5.97 Å². The van der Waals surface area contributed by atoms with Gasteiger partial charge < -0.3 is 9.30 Å². The molecule has 0 saturated carbocycles. The van der Waals surface area contributed by atoms with E-state index < -0.39 is 0 Å². The zero-order valence-corrected chi connectivity index (χ0v) is 11.5. The molecule has 1 atom stereocenters. The fourth-order valence-corrected chi connectivity index (χ4v) is 2.49. The lowest BCUT2D eigenvalue weighted by atomic mass is 10.0. The third kappa shape index (κ3) is 2.03. The predicted octanol–water partition coefficient (Wildman–Crippen LogP) is 2.69. The van der Waals surface area contributed by atoms with E-state index in [9.17, 15) is 4.79 Å². The third-order valence-electron chi connectivity index (χ3n) is 3.59. The highest BCUT2D eigenvalue weighted by molar-refractivity contribution is 6.12. The quantitative estimate of drug-likeness (QED) is 0.786. The minimum Gasteiger partial charge on any atom is -0.465 e. The number of fused-ring (bicyclic) bond motifs is 1. The van der Waals surface area contributed by atoms with E-state index in [1.807, 2.05) is 18.2 Å². The Hall–Kier alpha value is -2.36. The number of hydrogen-bond donors (Lipinski definition) is 0. The summed E-state index contributed by atoms with van der Waals surface area (Å²) in [6.07, 6.45) is 2.08. The van der Waals surface area contributed by atoms with Gasteiger partial charge in [0.15, 0.2) is 0 Å². The molecule has 1 aliphatic heterocycles. The number of aliphatic imine (C=N–C) groups is 1. The molecule has 0 N–H and O–H groups in total. The van der Waals surface area contributed by atoms with Gasteiger partial charge in [0.1, 0.15) is 0 Å². The molecule has 2 aromatic rings. The highest BCUT2D eigenvalue weighted by Crippen LogP contribution is 2.22. The Labute approximate surface area is 117 Å². The standard InChI is InChI=1S/C16H16N2O2/c1-11-10-17-15(14-4-3-9-18(11)14)12-5-7-13(8-6-12)16(19)20-2/h3-9,11H,10H2,1-2H3. The van der Waals surface area contributed by atoms with Crippen molar-refractivity contribution in [2.24, 2.45) is 4.99 Å². The highest BCUT2D eigenvalue weighted by atomic mass is 16.5. The molecule has 1 aromatic heterocycles. The molecule has 0 fully saturated rings. The zero-order chi connectivity index (χ0) is 14.1. The van der Waals surface area contributed by atoms with Crippen molar-refractivity contribution in [3.05, 3.63) is 59.4 Å². The van der Waals surface area contributed by atoms with Gasteiger partial charge in [0.25, 0.3) is 0 Å². The van der Waals surface area contributed by atoms with Gasteiger partial charge in [0, 0.05) is 11.8 Å². The van der Waals surface area contributed by atoms with Crippen LogP contribution in [0, 0.1) is 0 Å². The Bertz CT molecular complexity index is 668. The summed E-state index contributed by atoms with van der Waals surface area (Å²) in [7, 11) is 1.38. The fraction of sp³-hybridized carbons (Fsp3) is 0.250. The van der Waals surface area contributed by atoms with E-state index in [-0.39, 0.29) is 5.97 Å². The van der Waals surface area contributed by atoms with Crippen molar-refractivity contribution in [3.63, 3.8) is 0 Å². The number of carbonyl (C=O) groups excluding carboxylic acids is 1. The third-order valence-corrected chi connectivity index (χ3v) is 3.59. The normalized spacial score (nSPS) is 17.3. The van der Waals surface area contributed by atoms with Crippen LogP contribution in [-0.4, -0.2) is 29.9 Å². The minimum atomic E-state index is -0.320. The van der Waals surface area contributed by atoms with Crippen molar-refractivity contribution in [1.29, 1.82) is 0 Å². The van der Waals surface area contributed by atoms with Gasteiger partial charge in [-0.05, 0) is 31.2 Å². The molecule has 102 valence electrons. The molecule has 4 nitrogen and oxygen atoms in total. The molecular formula is C16H16N2O2. The smallest absolute Gasteiger partial charge is 0.337 e. The monoisotopic (exact) mass is 268 g/mol. The lowest BCUT2D eigenvalue weighted by Gasteiger charge is -2.22. The summed E-state index contributed by atoms with van der Waals surface area (Å²) in [5.41, 5.74) is 3.67. The summed E-state index contributed by atoms with van der Waals surface area (Å²) in [5.74, 6) is -0.320. The number of esters is 1. The van der Waals surface area contributed by atoms with Crippen LogP contribution >= 0.6 is 0 Å². The SMILES string of the molecule is COC(=O)c1ccc(C2=NCC(C)n3cccc32)cc1. The first-order valence-electron chi connectivity index (χ1n) is 6.61. The van der Waals surface area contributed by atoms with E-state index in [1.165, 1.54) is 7.11 Å². The number of aromatic nitrogens is 1. The van der Waals surface area contributed by atoms with E-state index in [1.54, 1.807) is 12.1 Å². The molecule has 0 radical (unpaired) electrons. The molecular weight excluding hydrogens is 252 g/mol. The molecule has 0 amide bonds. The lowest BCUT2D eigenvalue weighted by molar-refractivity contribution is 0.0601. The number of ether oxygens (including phenoxy) is 1. The molecule has 0 bridgehead atoms. The summed E-state index contributed by atoms with van der Waals surface area (Å²) >= 11 is 0. The van der Waals surface area contributed by atoms with Crippen molar-refractivity contribution >= 4 is 11.7 Å². The molecule has 3 rings (SSSR count). The van der Waals surface area contributed by atoms with Gasteiger partial charge in [-0.3, -0.25) is 4.99 Å². The summed E-state index contributed by atoms with van der Waals surface area (Å²) < 4.78 is 6.94. The number of nitrogens with zero attached hydrogens (tertiary/aromatic N) is 2. The molecule has 0 aliphatic carbocycles. The van der Waals surface area contributed by atoms with Crippen LogP contribution in [0.3, 0.4) is 0 Å². The molecule has 4 heteroatoms. The summed E-state index contributed by atoms with van der Waals surface area (Å²) in [5, 5.41) is 0. The van der Waals surface area contributed by atoms with E-state index in [4.69, 9.17) is 4.74 Å². The van der Waals surface area contributed by atoms with Gasteiger partial charge in [-0.1, -0.05) is 12.1 Å². The van der Waals surface area contributed by atoms with Crippen LogP contribution in [-0.2, 0) is 4.74 Å². The second kappa shape index (κ2) is 4.96. The van der Waals surface area contributed by atoms with Crippen LogP contribution in [0.1, 0.15) is 34.6 Å². The predicted molar refractivity (Wildman–Crippen MR) is 77.4 cm³/mol. The van der Waals surface area contributed by atoms with E-state index >= 15 is 0 Å². The van der Waals surface area contributed by atoms with Gasteiger partial charge in [-0.15, -0.1) is 0 Å². The van der Waals surface area contributed by atoms with Gasteiger partial charge in [-0.25, -0.2) is 4.79 Å². The number of hydrogen-bond acceptors (Lipinski definition) is 3. The number of rotatable bonds is 2. The first-order chi connectivity index (χ1) is 9.70. The summed E-state index contributed by atoms with van der Waals surface area (Å²) in [6, 6.07) is 11.9. The molecule has 1 unspecified atom stereocenters.